The number of alkyl halides is 1. The van der Waals surface area contributed by atoms with E-state index in [1.54, 1.807) is 18.2 Å². The van der Waals surface area contributed by atoms with Gasteiger partial charge in [-0.1, -0.05) is 42.8 Å². The summed E-state index contributed by atoms with van der Waals surface area (Å²) < 4.78 is 5.21. The van der Waals surface area contributed by atoms with Crippen molar-refractivity contribution in [3.8, 4) is 5.75 Å². The molecule has 0 bridgehead atoms. The number of hydrogen-bond acceptors (Lipinski definition) is 3. The molecule has 0 radical (unpaired) electrons. The molecule has 18 heavy (non-hydrogen) atoms. The van der Waals surface area contributed by atoms with Crippen LogP contribution in [0, 0.1) is 5.41 Å². The third-order valence-electron chi connectivity index (χ3n) is 2.57. The maximum Gasteiger partial charge on any atom is 0.173 e. The number of ether oxygens (including phenoxy) is 1. The van der Waals surface area contributed by atoms with E-state index in [1.165, 1.54) is 7.11 Å². The van der Waals surface area contributed by atoms with Crippen molar-refractivity contribution in [3.05, 3.63) is 29.3 Å². The van der Waals surface area contributed by atoms with Crippen LogP contribution in [0.5, 0.6) is 5.75 Å². The molecule has 0 aromatic heterocycles. The number of halogens is 1. The second-order valence-electron chi connectivity index (χ2n) is 5.05. The number of ketones is 2. The summed E-state index contributed by atoms with van der Waals surface area (Å²) in [7, 11) is 1.50. The van der Waals surface area contributed by atoms with E-state index in [1.807, 2.05) is 20.8 Å². The second-order valence-corrected chi connectivity index (χ2v) is 5.61. The molecule has 0 aliphatic rings. The summed E-state index contributed by atoms with van der Waals surface area (Å²) in [5.41, 5.74) is 0.569. The van der Waals surface area contributed by atoms with Gasteiger partial charge < -0.3 is 4.74 Å². The molecular weight excluding hydrogens is 296 g/mol. The average Bonchev–Trinajstić information content (AvgIpc) is 2.35. The fourth-order valence-electron chi connectivity index (χ4n) is 1.53. The molecule has 0 unspecified atom stereocenters. The number of carbonyl (C=O) groups excluding carboxylic acids is 2. The highest BCUT2D eigenvalue weighted by atomic mass is 79.9. The molecule has 1 rings (SSSR count). The van der Waals surface area contributed by atoms with Crippen molar-refractivity contribution in [1.82, 2.24) is 0 Å². The summed E-state index contributed by atoms with van der Waals surface area (Å²) in [5, 5.41) is 0.253. The highest BCUT2D eigenvalue weighted by molar-refractivity contribution is 9.09. The van der Waals surface area contributed by atoms with E-state index in [4.69, 9.17) is 4.74 Å². The van der Waals surface area contributed by atoms with Gasteiger partial charge in [0, 0.05) is 11.0 Å². The minimum Gasteiger partial charge on any atom is -0.496 e. The van der Waals surface area contributed by atoms with Crippen LogP contribution >= 0.6 is 15.9 Å². The molecule has 0 spiro atoms. The fraction of sp³-hybridized carbons (Fsp3) is 0.429. The Bertz CT molecular complexity index is 472. The van der Waals surface area contributed by atoms with Crippen molar-refractivity contribution in [2.24, 2.45) is 5.41 Å². The number of methoxy groups -OCH3 is 1. The van der Waals surface area contributed by atoms with Crippen LogP contribution in [-0.2, 0) is 0 Å². The summed E-state index contributed by atoms with van der Waals surface area (Å²) in [6.07, 6.45) is 0. The summed E-state index contributed by atoms with van der Waals surface area (Å²) >= 11 is 3.12. The normalized spacial score (nSPS) is 11.2. The van der Waals surface area contributed by atoms with Gasteiger partial charge in [0.05, 0.1) is 18.0 Å². The van der Waals surface area contributed by atoms with Crippen molar-refractivity contribution in [3.63, 3.8) is 0 Å². The van der Waals surface area contributed by atoms with E-state index in [0.717, 1.165) is 0 Å². The Morgan fingerprint density at radius 2 is 1.89 bits per heavy atom. The van der Waals surface area contributed by atoms with E-state index in [2.05, 4.69) is 15.9 Å². The molecule has 0 atom stereocenters. The average molecular weight is 313 g/mol. The van der Waals surface area contributed by atoms with Gasteiger partial charge in [-0.3, -0.25) is 9.59 Å². The van der Waals surface area contributed by atoms with Gasteiger partial charge in [0.15, 0.2) is 11.6 Å². The zero-order valence-electron chi connectivity index (χ0n) is 11.0. The lowest BCUT2D eigenvalue weighted by Gasteiger charge is -2.18. The Kier molecular flexibility index (Phi) is 4.68. The molecular formula is C14H17BrO3. The van der Waals surface area contributed by atoms with Crippen LogP contribution in [0.2, 0.25) is 0 Å². The zero-order valence-corrected chi connectivity index (χ0v) is 12.6. The molecule has 4 heteroatoms. The van der Waals surface area contributed by atoms with Gasteiger partial charge in [0.25, 0.3) is 0 Å². The topological polar surface area (TPSA) is 43.4 Å². The van der Waals surface area contributed by atoms with Crippen molar-refractivity contribution in [1.29, 1.82) is 0 Å². The van der Waals surface area contributed by atoms with Gasteiger partial charge in [0.2, 0.25) is 0 Å². The van der Waals surface area contributed by atoms with Crippen LogP contribution in [0.1, 0.15) is 41.5 Å². The van der Waals surface area contributed by atoms with Crippen LogP contribution in [0.3, 0.4) is 0 Å². The van der Waals surface area contributed by atoms with E-state index in [-0.39, 0.29) is 16.9 Å². The highest BCUT2D eigenvalue weighted by Gasteiger charge is 2.26. The van der Waals surface area contributed by atoms with Crippen molar-refractivity contribution in [2.45, 2.75) is 20.8 Å². The quantitative estimate of drug-likeness (QED) is 0.631. The molecule has 0 aliphatic carbocycles. The van der Waals surface area contributed by atoms with Crippen LogP contribution in [0.4, 0.5) is 0 Å². The van der Waals surface area contributed by atoms with Gasteiger partial charge in [0.1, 0.15) is 5.75 Å². The molecule has 0 N–H and O–H groups in total. The van der Waals surface area contributed by atoms with Gasteiger partial charge in [-0.15, -0.1) is 0 Å². The minimum absolute atomic E-state index is 0.00260. The molecule has 0 saturated carbocycles. The Hall–Kier alpha value is -1.16. The Labute approximate surface area is 116 Å². The zero-order chi connectivity index (χ0) is 13.9. The number of rotatable bonds is 4. The number of benzene rings is 1. The van der Waals surface area contributed by atoms with E-state index >= 15 is 0 Å². The Morgan fingerprint density at radius 1 is 1.28 bits per heavy atom. The maximum absolute atomic E-state index is 12.2. The number of carbonyl (C=O) groups is 2. The van der Waals surface area contributed by atoms with Crippen LogP contribution in [0.25, 0.3) is 0 Å². The molecule has 1 aromatic rings. The summed E-state index contributed by atoms with van der Waals surface area (Å²) in [6, 6.07) is 4.93. The predicted molar refractivity (Wildman–Crippen MR) is 74.9 cm³/mol. The summed E-state index contributed by atoms with van der Waals surface area (Å²) in [4.78, 5) is 23.8. The first-order chi connectivity index (χ1) is 8.31. The lowest BCUT2D eigenvalue weighted by molar-refractivity contribution is 0.0854. The smallest absolute Gasteiger partial charge is 0.173 e. The second kappa shape index (κ2) is 5.65. The predicted octanol–water partition coefficient (Wildman–Crippen LogP) is 3.50. The standard InChI is InChI=1S/C14H17BrO3/c1-14(2,3)13(17)10-6-5-9(11(16)8-15)7-12(10)18-4/h5-7H,8H2,1-4H3. The van der Waals surface area contributed by atoms with E-state index < -0.39 is 5.41 Å². The van der Waals surface area contributed by atoms with Crippen LogP contribution in [0.15, 0.2) is 18.2 Å². The molecule has 0 heterocycles. The van der Waals surface area contributed by atoms with Gasteiger partial charge in [-0.25, -0.2) is 0 Å². The van der Waals surface area contributed by atoms with E-state index in [0.29, 0.717) is 16.9 Å². The van der Waals surface area contributed by atoms with Crippen molar-refractivity contribution >= 4 is 27.5 Å². The Morgan fingerprint density at radius 3 is 2.33 bits per heavy atom. The maximum atomic E-state index is 12.2. The van der Waals surface area contributed by atoms with Crippen molar-refractivity contribution < 1.29 is 14.3 Å². The molecule has 3 nitrogen and oxygen atoms in total. The molecule has 1 aromatic carbocycles. The molecule has 0 fully saturated rings. The monoisotopic (exact) mass is 312 g/mol. The van der Waals surface area contributed by atoms with Crippen LogP contribution < -0.4 is 4.74 Å². The lowest BCUT2D eigenvalue weighted by atomic mass is 9.86. The number of hydrogen-bond donors (Lipinski definition) is 0. The third-order valence-corrected chi connectivity index (χ3v) is 3.08. The summed E-state index contributed by atoms with van der Waals surface area (Å²) in [6.45, 7) is 5.56. The fourth-order valence-corrected chi connectivity index (χ4v) is 1.86. The highest BCUT2D eigenvalue weighted by Crippen LogP contribution is 2.28. The van der Waals surface area contributed by atoms with Gasteiger partial charge in [-0.2, -0.15) is 0 Å². The van der Waals surface area contributed by atoms with Gasteiger partial charge in [-0.05, 0) is 12.1 Å². The molecule has 98 valence electrons. The molecule has 0 amide bonds. The third kappa shape index (κ3) is 3.19. The lowest BCUT2D eigenvalue weighted by Crippen LogP contribution is -2.21. The first kappa shape index (κ1) is 14.9. The summed E-state index contributed by atoms with van der Waals surface area (Å²) in [5.74, 6) is 0.405. The molecule has 0 aliphatic heterocycles. The first-order valence-corrected chi connectivity index (χ1v) is 6.75. The largest absolute Gasteiger partial charge is 0.496 e. The molecule has 0 saturated heterocycles. The first-order valence-electron chi connectivity index (χ1n) is 5.63. The number of Topliss-reactive ketones (excluding diaryl/α,β-unsaturated/α-hetero) is 2. The van der Waals surface area contributed by atoms with Gasteiger partial charge >= 0.3 is 0 Å². The van der Waals surface area contributed by atoms with Crippen LogP contribution in [-0.4, -0.2) is 24.0 Å². The van der Waals surface area contributed by atoms with Crippen molar-refractivity contribution in [2.75, 3.05) is 12.4 Å². The van der Waals surface area contributed by atoms with E-state index in [9.17, 15) is 9.59 Å². The SMILES string of the molecule is COc1cc(C(=O)CBr)ccc1C(=O)C(C)(C)C. The Balaban J connectivity index is 3.24. The minimum atomic E-state index is -0.478.